The summed E-state index contributed by atoms with van der Waals surface area (Å²) in [6, 6.07) is 1.97. The number of primary amides is 1. The van der Waals surface area contributed by atoms with Crippen LogP contribution in [0.15, 0.2) is 18.5 Å². The largest absolute Gasteiger partial charge is 0.378 e. The monoisotopic (exact) mass is 312 g/mol. The van der Waals surface area contributed by atoms with Gasteiger partial charge in [0, 0.05) is 23.3 Å². The molecule has 2 aliphatic rings. The molecule has 0 aliphatic heterocycles. The van der Waals surface area contributed by atoms with Gasteiger partial charge in [0.05, 0.1) is 11.3 Å². The number of carbonyl (C=O) groups is 1. The van der Waals surface area contributed by atoms with Gasteiger partial charge in [-0.15, -0.1) is 0 Å². The van der Waals surface area contributed by atoms with E-state index in [1.165, 1.54) is 32.1 Å². The van der Waals surface area contributed by atoms with E-state index in [2.05, 4.69) is 22.2 Å². The lowest BCUT2D eigenvalue weighted by Crippen LogP contribution is -2.48. The number of amides is 1. The Labute approximate surface area is 136 Å². The van der Waals surface area contributed by atoms with Crippen LogP contribution in [0.2, 0.25) is 0 Å². The standard InChI is InChI=1S/C18H24N4O/c1-11-7-12-3-2-5-18(8-11,9-12)22-15-13-4-6-20-17(13)21-10-14(15)16(19)23/h4,6,10-12H,2-3,5,7-9H2,1H3,(H2,19,23)(H2,20,21,22)/t11?,12-,18+/m1/s1. The Hall–Kier alpha value is -2.04. The van der Waals surface area contributed by atoms with Crippen LogP contribution in [0.4, 0.5) is 5.69 Å². The quantitative estimate of drug-likeness (QED) is 0.812. The van der Waals surface area contributed by atoms with Gasteiger partial charge in [0.2, 0.25) is 0 Å². The summed E-state index contributed by atoms with van der Waals surface area (Å²) < 4.78 is 0. The van der Waals surface area contributed by atoms with Crippen molar-refractivity contribution < 1.29 is 4.79 Å². The molecule has 0 spiro atoms. The van der Waals surface area contributed by atoms with E-state index in [4.69, 9.17) is 5.73 Å². The second kappa shape index (κ2) is 5.25. The van der Waals surface area contributed by atoms with Crippen molar-refractivity contribution in [3.8, 4) is 0 Å². The van der Waals surface area contributed by atoms with E-state index in [1.54, 1.807) is 6.20 Å². The number of nitrogens with one attached hydrogen (secondary N) is 2. The molecule has 5 nitrogen and oxygen atoms in total. The lowest BCUT2D eigenvalue weighted by molar-refractivity contribution is 0.1000. The molecule has 0 aromatic carbocycles. The third kappa shape index (κ3) is 2.48. The minimum absolute atomic E-state index is 0.0936. The average Bonchev–Trinajstić information content (AvgIpc) is 2.95. The van der Waals surface area contributed by atoms with E-state index in [0.717, 1.165) is 35.0 Å². The molecule has 1 amide bonds. The summed E-state index contributed by atoms with van der Waals surface area (Å²) in [5.74, 6) is 1.11. The number of H-pyrrole nitrogens is 1. The number of rotatable bonds is 3. The van der Waals surface area contributed by atoms with E-state index >= 15 is 0 Å². The molecule has 2 heterocycles. The minimum Gasteiger partial charge on any atom is -0.378 e. The molecule has 4 rings (SSSR count). The maximum Gasteiger partial charge on any atom is 0.252 e. The van der Waals surface area contributed by atoms with Gasteiger partial charge in [-0.2, -0.15) is 0 Å². The number of hydrogen-bond donors (Lipinski definition) is 3. The summed E-state index contributed by atoms with van der Waals surface area (Å²) in [5, 5.41) is 4.73. The Morgan fingerprint density at radius 2 is 2.35 bits per heavy atom. The van der Waals surface area contributed by atoms with Crippen LogP contribution >= 0.6 is 0 Å². The van der Waals surface area contributed by atoms with E-state index in [9.17, 15) is 4.79 Å². The fourth-order valence-corrected chi connectivity index (χ4v) is 4.95. The summed E-state index contributed by atoms with van der Waals surface area (Å²) in [5.41, 5.74) is 7.85. The first-order chi connectivity index (χ1) is 11.1. The van der Waals surface area contributed by atoms with E-state index in [0.29, 0.717) is 5.56 Å². The molecule has 5 heteroatoms. The number of pyridine rings is 1. The molecule has 0 saturated heterocycles. The van der Waals surface area contributed by atoms with E-state index in [1.807, 2.05) is 12.3 Å². The molecule has 2 saturated carbocycles. The smallest absolute Gasteiger partial charge is 0.252 e. The predicted octanol–water partition coefficient (Wildman–Crippen LogP) is 3.43. The topological polar surface area (TPSA) is 83.8 Å². The van der Waals surface area contributed by atoms with Crippen molar-refractivity contribution in [1.82, 2.24) is 9.97 Å². The summed E-state index contributed by atoms with van der Waals surface area (Å²) in [6.07, 6.45) is 10.9. The molecule has 2 fully saturated rings. The SMILES string of the molecule is CC1C[C@H]2CCC[C@](Nc3c(C(N)=O)cnc4[nH]ccc34)(C1)C2. The highest BCUT2D eigenvalue weighted by molar-refractivity contribution is 6.06. The van der Waals surface area contributed by atoms with Crippen LogP contribution in [0.5, 0.6) is 0 Å². The van der Waals surface area contributed by atoms with Crippen LogP contribution in [-0.2, 0) is 0 Å². The number of aromatic amines is 1. The third-order valence-electron chi connectivity index (χ3n) is 5.66. The number of carbonyl (C=O) groups excluding carboxylic acids is 1. The minimum atomic E-state index is -0.421. The van der Waals surface area contributed by atoms with Gasteiger partial charge < -0.3 is 16.0 Å². The Morgan fingerprint density at radius 1 is 1.48 bits per heavy atom. The summed E-state index contributed by atoms with van der Waals surface area (Å²) >= 11 is 0. The first-order valence-corrected chi connectivity index (χ1v) is 8.60. The zero-order valence-electron chi connectivity index (χ0n) is 13.6. The van der Waals surface area contributed by atoms with Crippen LogP contribution in [0.1, 0.15) is 55.8 Å². The summed E-state index contributed by atoms with van der Waals surface area (Å²) in [7, 11) is 0. The molecule has 4 N–H and O–H groups in total. The van der Waals surface area contributed by atoms with Gasteiger partial charge >= 0.3 is 0 Å². The molecule has 122 valence electrons. The fraction of sp³-hybridized carbons (Fsp3) is 0.556. The molecule has 0 radical (unpaired) electrons. The third-order valence-corrected chi connectivity index (χ3v) is 5.66. The summed E-state index contributed by atoms with van der Waals surface area (Å²) in [6.45, 7) is 2.35. The number of hydrogen-bond acceptors (Lipinski definition) is 3. The van der Waals surface area contributed by atoms with Crippen LogP contribution in [0.25, 0.3) is 11.0 Å². The first kappa shape index (κ1) is 14.5. The summed E-state index contributed by atoms with van der Waals surface area (Å²) in [4.78, 5) is 19.3. The van der Waals surface area contributed by atoms with E-state index in [-0.39, 0.29) is 5.54 Å². The van der Waals surface area contributed by atoms with Crippen LogP contribution in [-0.4, -0.2) is 21.4 Å². The van der Waals surface area contributed by atoms with Gasteiger partial charge in [0.15, 0.2) is 0 Å². The maximum atomic E-state index is 11.9. The molecular weight excluding hydrogens is 288 g/mol. The van der Waals surface area contributed by atoms with Crippen LogP contribution < -0.4 is 11.1 Å². The zero-order valence-corrected chi connectivity index (χ0v) is 13.6. The number of aromatic nitrogens is 2. The molecular formula is C18H24N4O. The molecule has 2 aliphatic carbocycles. The lowest BCUT2D eigenvalue weighted by atomic mass is 9.64. The fourth-order valence-electron chi connectivity index (χ4n) is 4.95. The van der Waals surface area contributed by atoms with Crippen LogP contribution in [0, 0.1) is 11.8 Å². The van der Waals surface area contributed by atoms with Gasteiger partial charge in [-0.25, -0.2) is 4.98 Å². The number of anilines is 1. The highest BCUT2D eigenvalue weighted by atomic mass is 16.1. The molecule has 2 aromatic rings. The number of nitrogens with two attached hydrogens (primary N) is 1. The van der Waals surface area contributed by atoms with Crippen molar-refractivity contribution in [3.63, 3.8) is 0 Å². The number of nitrogens with zero attached hydrogens (tertiary/aromatic N) is 1. The predicted molar refractivity (Wildman–Crippen MR) is 91.3 cm³/mol. The highest BCUT2D eigenvalue weighted by Gasteiger charge is 2.42. The Kier molecular flexibility index (Phi) is 3.32. The van der Waals surface area contributed by atoms with Crippen molar-refractivity contribution in [3.05, 3.63) is 24.0 Å². The van der Waals surface area contributed by atoms with Crippen molar-refractivity contribution in [2.24, 2.45) is 17.6 Å². The maximum absolute atomic E-state index is 11.9. The molecule has 3 atom stereocenters. The van der Waals surface area contributed by atoms with Gasteiger partial charge in [-0.3, -0.25) is 4.79 Å². The van der Waals surface area contributed by atoms with E-state index < -0.39 is 5.91 Å². The average molecular weight is 312 g/mol. The van der Waals surface area contributed by atoms with Crippen molar-refractivity contribution in [2.45, 2.75) is 51.0 Å². The molecule has 2 bridgehead atoms. The van der Waals surface area contributed by atoms with Crippen LogP contribution in [0.3, 0.4) is 0 Å². The Morgan fingerprint density at radius 3 is 3.17 bits per heavy atom. The molecule has 23 heavy (non-hydrogen) atoms. The molecule has 1 unspecified atom stereocenters. The van der Waals surface area contributed by atoms with Crippen molar-refractivity contribution in [1.29, 1.82) is 0 Å². The number of fused-ring (bicyclic) bond motifs is 3. The highest BCUT2D eigenvalue weighted by Crippen LogP contribution is 2.47. The van der Waals surface area contributed by atoms with Gasteiger partial charge in [-0.1, -0.05) is 19.8 Å². The second-order valence-electron chi connectivity index (χ2n) is 7.56. The molecule has 2 aromatic heterocycles. The lowest BCUT2D eigenvalue weighted by Gasteiger charge is -2.49. The zero-order chi connectivity index (χ0) is 16.0. The Bertz CT molecular complexity index is 749. The van der Waals surface area contributed by atoms with Crippen molar-refractivity contribution >= 4 is 22.6 Å². The second-order valence-corrected chi connectivity index (χ2v) is 7.56. The van der Waals surface area contributed by atoms with Gasteiger partial charge in [-0.05, 0) is 43.6 Å². The normalized spacial score (nSPS) is 30.3. The van der Waals surface area contributed by atoms with Crippen molar-refractivity contribution in [2.75, 3.05) is 5.32 Å². The first-order valence-electron chi connectivity index (χ1n) is 8.60. The Balaban J connectivity index is 1.78. The van der Waals surface area contributed by atoms with Gasteiger partial charge in [0.1, 0.15) is 5.65 Å². The van der Waals surface area contributed by atoms with Gasteiger partial charge in [0.25, 0.3) is 5.91 Å².